The molecule has 1 atom stereocenters. The van der Waals surface area contributed by atoms with E-state index in [0.717, 1.165) is 46.5 Å². The van der Waals surface area contributed by atoms with Crippen LogP contribution >= 0.6 is 15.9 Å². The van der Waals surface area contributed by atoms with Gasteiger partial charge in [0.25, 0.3) is 0 Å². The minimum atomic E-state index is 0.302. The number of halogens is 1. The lowest BCUT2D eigenvalue weighted by molar-refractivity contribution is 0.0995. The van der Waals surface area contributed by atoms with Gasteiger partial charge in [-0.2, -0.15) is 0 Å². The Morgan fingerprint density at radius 3 is 2.50 bits per heavy atom. The molecule has 5 heteroatoms. The van der Waals surface area contributed by atoms with E-state index in [2.05, 4.69) is 56.2 Å². The molecule has 0 saturated carbocycles. The molecule has 0 amide bonds. The number of nitrogens with zero attached hydrogens (tertiary/aromatic N) is 3. The van der Waals surface area contributed by atoms with Crippen LogP contribution in [-0.2, 0) is 0 Å². The summed E-state index contributed by atoms with van der Waals surface area (Å²) in [6.07, 6.45) is 8.37. The van der Waals surface area contributed by atoms with Crippen LogP contribution in [0.1, 0.15) is 60.3 Å². The van der Waals surface area contributed by atoms with Gasteiger partial charge in [0.15, 0.2) is 0 Å². The van der Waals surface area contributed by atoms with Crippen molar-refractivity contribution in [2.45, 2.75) is 51.6 Å². The SMILES string of the molecule is Cc1c(C=O)cc2cc(Br)cn2c1C(C)N1CCC(N2CCCC2)CC1. The summed E-state index contributed by atoms with van der Waals surface area (Å²) < 4.78 is 3.31. The van der Waals surface area contributed by atoms with Crippen LogP contribution in [0.4, 0.5) is 0 Å². The summed E-state index contributed by atoms with van der Waals surface area (Å²) in [7, 11) is 0. The van der Waals surface area contributed by atoms with Gasteiger partial charge in [-0.3, -0.25) is 9.69 Å². The molecular formula is C21H28BrN3O. The van der Waals surface area contributed by atoms with E-state index in [0.29, 0.717) is 6.04 Å². The van der Waals surface area contributed by atoms with Crippen LogP contribution in [0.15, 0.2) is 22.8 Å². The average molecular weight is 418 g/mol. The lowest BCUT2D eigenvalue weighted by Crippen LogP contribution is -2.44. The van der Waals surface area contributed by atoms with Gasteiger partial charge in [-0.1, -0.05) is 0 Å². The largest absolute Gasteiger partial charge is 0.318 e. The Morgan fingerprint density at radius 2 is 1.85 bits per heavy atom. The minimum absolute atomic E-state index is 0.302. The van der Waals surface area contributed by atoms with Gasteiger partial charge in [0.2, 0.25) is 0 Å². The summed E-state index contributed by atoms with van der Waals surface area (Å²) in [4.78, 5) is 16.9. The van der Waals surface area contributed by atoms with E-state index in [-0.39, 0.29) is 0 Å². The van der Waals surface area contributed by atoms with Gasteiger partial charge in [0.05, 0.1) is 0 Å². The second-order valence-electron chi connectivity index (χ2n) is 7.87. The lowest BCUT2D eigenvalue weighted by atomic mass is 9.98. The molecule has 26 heavy (non-hydrogen) atoms. The van der Waals surface area contributed by atoms with E-state index in [1.54, 1.807) is 0 Å². The molecule has 0 bridgehead atoms. The van der Waals surface area contributed by atoms with Crippen molar-refractivity contribution < 1.29 is 4.79 Å². The molecule has 0 aromatic carbocycles. The van der Waals surface area contributed by atoms with Gasteiger partial charge >= 0.3 is 0 Å². The standard InChI is InChI=1S/C21H28BrN3O/c1-15-17(14-26)11-20-12-18(22)13-25(20)21(15)16(2)23-9-5-19(6-10-23)24-7-3-4-8-24/h11-14,16,19H,3-10H2,1-2H3. The smallest absolute Gasteiger partial charge is 0.150 e. The zero-order valence-corrected chi connectivity index (χ0v) is 17.3. The van der Waals surface area contributed by atoms with Gasteiger partial charge in [0.1, 0.15) is 6.29 Å². The second-order valence-corrected chi connectivity index (χ2v) is 8.78. The van der Waals surface area contributed by atoms with Crippen molar-refractivity contribution in [1.82, 2.24) is 14.2 Å². The molecule has 0 radical (unpaired) electrons. The van der Waals surface area contributed by atoms with E-state index in [9.17, 15) is 4.79 Å². The molecule has 4 nitrogen and oxygen atoms in total. The van der Waals surface area contributed by atoms with Crippen molar-refractivity contribution in [2.75, 3.05) is 26.2 Å². The van der Waals surface area contributed by atoms with Gasteiger partial charge in [-0.25, -0.2) is 0 Å². The van der Waals surface area contributed by atoms with Crippen molar-refractivity contribution in [1.29, 1.82) is 0 Å². The summed E-state index contributed by atoms with van der Waals surface area (Å²) in [5.41, 5.74) is 4.23. The molecular weight excluding hydrogens is 390 g/mol. The highest BCUT2D eigenvalue weighted by Crippen LogP contribution is 2.32. The third-order valence-electron chi connectivity index (χ3n) is 6.42. The highest BCUT2D eigenvalue weighted by molar-refractivity contribution is 9.10. The van der Waals surface area contributed by atoms with Crippen molar-refractivity contribution in [3.63, 3.8) is 0 Å². The van der Waals surface area contributed by atoms with Crippen molar-refractivity contribution in [3.8, 4) is 0 Å². The maximum atomic E-state index is 11.6. The van der Waals surface area contributed by atoms with E-state index < -0.39 is 0 Å². The summed E-state index contributed by atoms with van der Waals surface area (Å²) in [6.45, 7) is 9.23. The van der Waals surface area contributed by atoms with Crippen LogP contribution < -0.4 is 0 Å². The fourth-order valence-electron chi connectivity index (χ4n) is 4.92. The molecule has 2 aromatic heterocycles. The number of piperidine rings is 1. The number of carbonyl (C=O) groups excluding carboxylic acids is 1. The Kier molecular flexibility index (Phi) is 5.22. The summed E-state index contributed by atoms with van der Waals surface area (Å²) >= 11 is 3.59. The Balaban J connectivity index is 1.59. The number of hydrogen-bond donors (Lipinski definition) is 0. The highest BCUT2D eigenvalue weighted by atomic mass is 79.9. The average Bonchev–Trinajstić information content (AvgIpc) is 3.30. The topological polar surface area (TPSA) is 28.0 Å². The Labute approximate surface area is 164 Å². The predicted octanol–water partition coefficient (Wildman–Crippen LogP) is 4.44. The first-order valence-electron chi connectivity index (χ1n) is 9.83. The Bertz CT molecular complexity index is 801. The molecule has 0 N–H and O–H groups in total. The summed E-state index contributed by atoms with van der Waals surface area (Å²) in [5, 5.41) is 0. The first kappa shape index (κ1) is 18.2. The fraction of sp³-hybridized carbons (Fsp3) is 0.571. The van der Waals surface area contributed by atoms with Gasteiger partial charge in [0, 0.05) is 52.6 Å². The molecule has 2 aromatic rings. The third kappa shape index (κ3) is 3.25. The van der Waals surface area contributed by atoms with Crippen molar-refractivity contribution >= 4 is 27.7 Å². The molecule has 2 aliphatic rings. The first-order valence-corrected chi connectivity index (χ1v) is 10.6. The lowest BCUT2D eigenvalue weighted by Gasteiger charge is -2.40. The molecule has 4 heterocycles. The van der Waals surface area contributed by atoms with E-state index in [1.807, 2.05) is 6.07 Å². The molecule has 2 saturated heterocycles. The highest BCUT2D eigenvalue weighted by Gasteiger charge is 2.30. The molecule has 2 aliphatic heterocycles. The maximum Gasteiger partial charge on any atom is 0.150 e. The van der Waals surface area contributed by atoms with Gasteiger partial charge in [-0.05, 0) is 86.2 Å². The van der Waals surface area contributed by atoms with E-state index in [4.69, 9.17) is 0 Å². The van der Waals surface area contributed by atoms with Crippen LogP contribution in [0, 0.1) is 6.92 Å². The third-order valence-corrected chi connectivity index (χ3v) is 6.86. The van der Waals surface area contributed by atoms with Crippen molar-refractivity contribution in [2.24, 2.45) is 0 Å². The first-order chi connectivity index (χ1) is 12.6. The van der Waals surface area contributed by atoms with E-state index >= 15 is 0 Å². The number of rotatable bonds is 4. The van der Waals surface area contributed by atoms with Crippen LogP contribution in [0.2, 0.25) is 0 Å². The molecule has 2 fully saturated rings. The monoisotopic (exact) mass is 417 g/mol. The van der Waals surface area contributed by atoms with Crippen LogP contribution in [0.25, 0.3) is 5.52 Å². The molecule has 140 valence electrons. The normalized spacial score (nSPS) is 21.5. The number of likely N-dealkylation sites (tertiary alicyclic amines) is 2. The molecule has 4 rings (SSSR count). The van der Waals surface area contributed by atoms with Gasteiger partial charge < -0.3 is 9.30 Å². The summed E-state index contributed by atoms with van der Waals surface area (Å²) in [6, 6.07) is 5.14. The summed E-state index contributed by atoms with van der Waals surface area (Å²) in [5.74, 6) is 0. The van der Waals surface area contributed by atoms with Crippen LogP contribution in [0.3, 0.4) is 0 Å². The maximum absolute atomic E-state index is 11.6. The van der Waals surface area contributed by atoms with E-state index in [1.165, 1.54) is 44.5 Å². The predicted molar refractivity (Wildman–Crippen MR) is 109 cm³/mol. The zero-order valence-electron chi connectivity index (χ0n) is 15.7. The number of aromatic nitrogens is 1. The second kappa shape index (κ2) is 7.45. The number of aldehydes is 1. The van der Waals surface area contributed by atoms with Gasteiger partial charge in [-0.15, -0.1) is 0 Å². The number of fused-ring (bicyclic) bond motifs is 1. The van der Waals surface area contributed by atoms with Crippen molar-refractivity contribution in [3.05, 3.63) is 39.6 Å². The molecule has 0 aliphatic carbocycles. The number of hydrogen-bond acceptors (Lipinski definition) is 3. The number of pyridine rings is 1. The minimum Gasteiger partial charge on any atom is -0.318 e. The zero-order chi connectivity index (χ0) is 18.3. The van der Waals surface area contributed by atoms with Crippen LogP contribution in [-0.4, -0.2) is 52.7 Å². The van der Waals surface area contributed by atoms with Crippen LogP contribution in [0.5, 0.6) is 0 Å². The number of carbonyl (C=O) groups is 1. The Hall–Kier alpha value is -1.17. The Morgan fingerprint density at radius 1 is 1.15 bits per heavy atom. The molecule has 0 spiro atoms. The molecule has 1 unspecified atom stereocenters. The fourth-order valence-corrected chi connectivity index (χ4v) is 5.36. The quantitative estimate of drug-likeness (QED) is 0.687.